The fraction of sp³-hybridized carbons (Fsp3) is 0.200. The standard InChI is InChI=1S/C25H25NO5S/c1-4-19-10-12-20(13-11-19)24(27)17-31-25(28)21-6-5-7-23(16-21)32(29,30)26(3)22-14-8-18(2)9-15-22/h5-16H,4,17H2,1-3H3. The van der Waals surface area contributed by atoms with Gasteiger partial charge in [-0.2, -0.15) is 0 Å². The average Bonchev–Trinajstić information content (AvgIpc) is 2.82. The Kier molecular flexibility index (Phi) is 7.10. The van der Waals surface area contributed by atoms with Crippen LogP contribution in [0.4, 0.5) is 5.69 Å². The molecule has 0 aliphatic rings. The highest BCUT2D eigenvalue weighted by atomic mass is 32.2. The van der Waals surface area contributed by atoms with Gasteiger partial charge in [0.15, 0.2) is 12.4 Å². The summed E-state index contributed by atoms with van der Waals surface area (Å²) in [6.07, 6.45) is 0.863. The van der Waals surface area contributed by atoms with Crippen molar-refractivity contribution in [3.05, 3.63) is 95.1 Å². The van der Waals surface area contributed by atoms with Gasteiger partial charge in [0.25, 0.3) is 10.0 Å². The summed E-state index contributed by atoms with van der Waals surface area (Å²) in [5.74, 6) is -1.09. The Bertz CT molecular complexity index is 1220. The van der Waals surface area contributed by atoms with E-state index in [1.165, 1.54) is 31.3 Å². The van der Waals surface area contributed by atoms with Gasteiger partial charge in [0.2, 0.25) is 0 Å². The summed E-state index contributed by atoms with van der Waals surface area (Å²) in [4.78, 5) is 24.7. The van der Waals surface area contributed by atoms with Gasteiger partial charge in [-0.15, -0.1) is 0 Å². The fourth-order valence-electron chi connectivity index (χ4n) is 3.06. The molecular formula is C25H25NO5S. The molecule has 0 bridgehead atoms. The third-order valence-corrected chi connectivity index (χ3v) is 6.93. The van der Waals surface area contributed by atoms with Gasteiger partial charge in [-0.1, -0.05) is 55.0 Å². The smallest absolute Gasteiger partial charge is 0.338 e. The minimum absolute atomic E-state index is 0.0449. The van der Waals surface area contributed by atoms with Crippen LogP contribution in [0.15, 0.2) is 77.7 Å². The highest BCUT2D eigenvalue weighted by molar-refractivity contribution is 7.92. The Labute approximate surface area is 188 Å². The number of esters is 1. The number of hydrogen-bond acceptors (Lipinski definition) is 5. The number of sulfonamides is 1. The molecule has 3 aromatic rings. The summed E-state index contributed by atoms with van der Waals surface area (Å²) in [6, 6.07) is 19.8. The number of carbonyl (C=O) groups excluding carboxylic acids is 2. The molecular weight excluding hydrogens is 426 g/mol. The van der Waals surface area contributed by atoms with Crippen molar-refractivity contribution in [2.45, 2.75) is 25.2 Å². The molecule has 0 unspecified atom stereocenters. The zero-order chi connectivity index (χ0) is 23.3. The second-order valence-electron chi connectivity index (χ2n) is 7.39. The van der Waals surface area contributed by atoms with Gasteiger partial charge in [0, 0.05) is 12.6 Å². The van der Waals surface area contributed by atoms with Crippen LogP contribution < -0.4 is 4.31 Å². The van der Waals surface area contributed by atoms with E-state index in [1.54, 1.807) is 24.3 Å². The second-order valence-corrected chi connectivity index (χ2v) is 9.35. The number of Topliss-reactive ketones (excluding diaryl/α,β-unsaturated/α-hetero) is 1. The van der Waals surface area contributed by atoms with Gasteiger partial charge >= 0.3 is 5.97 Å². The van der Waals surface area contributed by atoms with E-state index in [-0.39, 0.29) is 16.2 Å². The Morgan fingerprint density at radius 2 is 1.56 bits per heavy atom. The normalized spacial score (nSPS) is 11.1. The number of benzene rings is 3. The molecule has 0 heterocycles. The second kappa shape index (κ2) is 9.78. The fourth-order valence-corrected chi connectivity index (χ4v) is 4.30. The van der Waals surface area contributed by atoms with E-state index in [0.29, 0.717) is 11.3 Å². The molecule has 166 valence electrons. The number of carbonyl (C=O) groups is 2. The number of rotatable bonds is 8. The Hall–Kier alpha value is -3.45. The van der Waals surface area contributed by atoms with Gasteiger partial charge in [0.05, 0.1) is 16.1 Å². The van der Waals surface area contributed by atoms with E-state index in [4.69, 9.17) is 4.74 Å². The molecule has 0 atom stereocenters. The molecule has 0 saturated heterocycles. The van der Waals surface area contributed by atoms with E-state index >= 15 is 0 Å². The number of ketones is 1. The number of hydrogen-bond donors (Lipinski definition) is 0. The summed E-state index contributed by atoms with van der Waals surface area (Å²) in [5.41, 5.74) is 3.12. The molecule has 0 saturated carbocycles. The van der Waals surface area contributed by atoms with Crippen LogP contribution in [0.3, 0.4) is 0 Å². The van der Waals surface area contributed by atoms with Crippen LogP contribution in [0.25, 0.3) is 0 Å². The van der Waals surface area contributed by atoms with Crippen molar-refractivity contribution in [3.63, 3.8) is 0 Å². The summed E-state index contributed by atoms with van der Waals surface area (Å²) in [6.45, 7) is 3.51. The van der Waals surface area contributed by atoms with Crippen LogP contribution in [-0.4, -0.2) is 33.8 Å². The maximum Gasteiger partial charge on any atom is 0.338 e. The number of anilines is 1. The van der Waals surface area contributed by atoms with Gasteiger partial charge in [-0.05, 0) is 49.2 Å². The lowest BCUT2D eigenvalue weighted by molar-refractivity contribution is 0.0474. The predicted octanol–water partition coefficient (Wildman–Crippen LogP) is 4.42. The van der Waals surface area contributed by atoms with Crippen LogP contribution in [0, 0.1) is 6.92 Å². The minimum Gasteiger partial charge on any atom is -0.454 e. The summed E-state index contributed by atoms with van der Waals surface area (Å²) in [5, 5.41) is 0. The van der Waals surface area contributed by atoms with Crippen molar-refractivity contribution >= 4 is 27.5 Å². The molecule has 6 nitrogen and oxygen atoms in total. The molecule has 3 aromatic carbocycles. The van der Waals surface area contributed by atoms with Crippen molar-refractivity contribution in [1.82, 2.24) is 0 Å². The van der Waals surface area contributed by atoms with Crippen LogP contribution >= 0.6 is 0 Å². The third-order valence-electron chi connectivity index (χ3n) is 5.14. The first kappa shape index (κ1) is 23.2. The lowest BCUT2D eigenvalue weighted by Gasteiger charge is -2.20. The lowest BCUT2D eigenvalue weighted by atomic mass is 10.1. The lowest BCUT2D eigenvalue weighted by Crippen LogP contribution is -2.26. The quantitative estimate of drug-likeness (QED) is 0.374. The number of aryl methyl sites for hydroxylation is 2. The van der Waals surface area contributed by atoms with E-state index in [9.17, 15) is 18.0 Å². The maximum atomic E-state index is 13.0. The minimum atomic E-state index is -3.88. The van der Waals surface area contributed by atoms with E-state index in [1.807, 2.05) is 38.1 Å². The molecule has 3 rings (SSSR count). The summed E-state index contributed by atoms with van der Waals surface area (Å²) < 4.78 is 32.3. The average molecular weight is 452 g/mol. The highest BCUT2D eigenvalue weighted by Gasteiger charge is 2.23. The van der Waals surface area contributed by atoms with Gasteiger partial charge in [-0.3, -0.25) is 9.10 Å². The van der Waals surface area contributed by atoms with Crippen molar-refractivity contribution in [1.29, 1.82) is 0 Å². The molecule has 0 amide bonds. The van der Waals surface area contributed by atoms with Crippen LogP contribution in [-0.2, 0) is 21.2 Å². The Morgan fingerprint density at radius 1 is 0.906 bits per heavy atom. The topological polar surface area (TPSA) is 80.8 Å². The van der Waals surface area contributed by atoms with Crippen LogP contribution in [0.5, 0.6) is 0 Å². The van der Waals surface area contributed by atoms with Gasteiger partial charge < -0.3 is 4.74 Å². The largest absolute Gasteiger partial charge is 0.454 e. The first-order valence-corrected chi connectivity index (χ1v) is 11.6. The molecule has 32 heavy (non-hydrogen) atoms. The van der Waals surface area contributed by atoms with Crippen molar-refractivity contribution in [2.24, 2.45) is 0 Å². The zero-order valence-electron chi connectivity index (χ0n) is 18.2. The molecule has 0 aliphatic heterocycles. The molecule has 0 radical (unpaired) electrons. The highest BCUT2D eigenvalue weighted by Crippen LogP contribution is 2.23. The summed E-state index contributed by atoms with van der Waals surface area (Å²) in [7, 11) is -2.43. The summed E-state index contributed by atoms with van der Waals surface area (Å²) >= 11 is 0. The molecule has 7 heteroatoms. The van der Waals surface area contributed by atoms with Crippen molar-refractivity contribution < 1.29 is 22.7 Å². The number of ether oxygens (including phenoxy) is 1. The van der Waals surface area contributed by atoms with E-state index in [2.05, 4.69) is 0 Å². The Morgan fingerprint density at radius 3 is 2.19 bits per heavy atom. The monoisotopic (exact) mass is 451 g/mol. The molecule has 0 aromatic heterocycles. The zero-order valence-corrected chi connectivity index (χ0v) is 19.1. The van der Waals surface area contributed by atoms with Gasteiger partial charge in [0.1, 0.15) is 0 Å². The van der Waals surface area contributed by atoms with Crippen molar-refractivity contribution in [2.75, 3.05) is 18.0 Å². The molecule has 0 N–H and O–H groups in total. The van der Waals surface area contributed by atoms with Crippen molar-refractivity contribution in [3.8, 4) is 0 Å². The van der Waals surface area contributed by atoms with E-state index in [0.717, 1.165) is 21.9 Å². The van der Waals surface area contributed by atoms with Gasteiger partial charge in [-0.25, -0.2) is 13.2 Å². The third kappa shape index (κ3) is 5.23. The van der Waals surface area contributed by atoms with Crippen LogP contribution in [0.2, 0.25) is 0 Å². The predicted molar refractivity (Wildman–Crippen MR) is 124 cm³/mol. The number of nitrogens with zero attached hydrogens (tertiary/aromatic N) is 1. The Balaban J connectivity index is 1.72. The van der Waals surface area contributed by atoms with E-state index < -0.39 is 22.6 Å². The first-order valence-electron chi connectivity index (χ1n) is 10.2. The van der Waals surface area contributed by atoms with Crippen LogP contribution in [0.1, 0.15) is 38.8 Å². The maximum absolute atomic E-state index is 13.0. The molecule has 0 spiro atoms. The molecule has 0 fully saturated rings. The first-order chi connectivity index (χ1) is 15.2. The SMILES string of the molecule is CCc1ccc(C(=O)COC(=O)c2cccc(S(=O)(=O)N(C)c3ccc(C)cc3)c2)cc1. The molecule has 0 aliphatic carbocycles.